The molecule has 0 saturated heterocycles. The van der Waals surface area contributed by atoms with Gasteiger partial charge in [-0.15, -0.1) is 0 Å². The predicted octanol–water partition coefficient (Wildman–Crippen LogP) is 2.46. The highest BCUT2D eigenvalue weighted by Crippen LogP contribution is 2.14. The van der Waals surface area contributed by atoms with E-state index in [1.807, 2.05) is 26.0 Å². The minimum Gasteiger partial charge on any atom is -0.298 e. The molecule has 18 heavy (non-hydrogen) atoms. The third-order valence-electron chi connectivity index (χ3n) is 2.62. The van der Waals surface area contributed by atoms with Crippen LogP contribution in [0.4, 0.5) is 5.69 Å². The van der Waals surface area contributed by atoms with Gasteiger partial charge < -0.3 is 0 Å². The molecule has 0 fully saturated rings. The summed E-state index contributed by atoms with van der Waals surface area (Å²) in [6, 6.07) is 9.43. The molecule has 0 atom stereocenters. The van der Waals surface area contributed by atoms with E-state index in [1.165, 1.54) is 11.8 Å². The molecule has 2 aromatic rings. The van der Waals surface area contributed by atoms with Crippen molar-refractivity contribution in [1.29, 1.82) is 0 Å². The highest BCUT2D eigenvalue weighted by molar-refractivity contribution is 5.94. The Morgan fingerprint density at radius 3 is 2.72 bits per heavy atom. The van der Waals surface area contributed by atoms with E-state index in [2.05, 4.69) is 21.9 Å². The molecule has 0 aliphatic heterocycles. The summed E-state index contributed by atoms with van der Waals surface area (Å²) in [6.07, 6.45) is 3.16. The van der Waals surface area contributed by atoms with Gasteiger partial charge in [0.2, 0.25) is 0 Å². The highest BCUT2D eigenvalue weighted by Gasteiger charge is 2.04. The van der Waals surface area contributed by atoms with Gasteiger partial charge in [-0.05, 0) is 37.6 Å². The number of aryl methyl sites for hydroxylation is 2. The van der Waals surface area contributed by atoms with Gasteiger partial charge >= 0.3 is 0 Å². The van der Waals surface area contributed by atoms with Crippen molar-refractivity contribution < 1.29 is 4.79 Å². The number of hydrogen-bond acceptors (Lipinski definition) is 3. The fourth-order valence-corrected chi connectivity index (χ4v) is 1.65. The molecule has 1 aromatic carbocycles. The number of nitrogens with zero attached hydrogens (tertiary/aromatic N) is 1. The largest absolute Gasteiger partial charge is 0.298 e. The zero-order chi connectivity index (χ0) is 13.0. The second-order valence-electron chi connectivity index (χ2n) is 4.14. The number of anilines is 1. The van der Waals surface area contributed by atoms with Gasteiger partial charge in [-0.25, -0.2) is 0 Å². The van der Waals surface area contributed by atoms with Gasteiger partial charge in [0.25, 0.3) is 5.91 Å². The number of nitrogens with one attached hydrogen (secondary N) is 2. The van der Waals surface area contributed by atoms with Gasteiger partial charge in [-0.2, -0.15) is 0 Å². The fourth-order valence-electron chi connectivity index (χ4n) is 1.65. The Bertz CT molecular complexity index is 552. The van der Waals surface area contributed by atoms with Crippen LogP contribution in [0.25, 0.3) is 0 Å². The lowest BCUT2D eigenvalue weighted by molar-refractivity contribution is 0.0962. The molecule has 0 aliphatic carbocycles. The summed E-state index contributed by atoms with van der Waals surface area (Å²) in [5, 5.41) is 0. The van der Waals surface area contributed by atoms with Gasteiger partial charge in [-0.3, -0.25) is 20.6 Å². The Kier molecular flexibility index (Phi) is 3.57. The molecule has 4 nitrogen and oxygen atoms in total. The van der Waals surface area contributed by atoms with Crippen molar-refractivity contribution >= 4 is 11.6 Å². The van der Waals surface area contributed by atoms with Crippen molar-refractivity contribution in [1.82, 2.24) is 10.4 Å². The van der Waals surface area contributed by atoms with Gasteiger partial charge in [0.1, 0.15) is 0 Å². The summed E-state index contributed by atoms with van der Waals surface area (Å²) in [5.41, 5.74) is 9.24. The van der Waals surface area contributed by atoms with Gasteiger partial charge in [0.15, 0.2) is 0 Å². The van der Waals surface area contributed by atoms with Crippen molar-refractivity contribution in [2.75, 3.05) is 5.43 Å². The summed E-state index contributed by atoms with van der Waals surface area (Å²) >= 11 is 0. The van der Waals surface area contributed by atoms with Crippen LogP contribution in [-0.2, 0) is 0 Å². The van der Waals surface area contributed by atoms with Crippen LogP contribution in [-0.4, -0.2) is 10.9 Å². The zero-order valence-corrected chi connectivity index (χ0v) is 10.4. The van der Waals surface area contributed by atoms with Crippen LogP contribution in [0.3, 0.4) is 0 Å². The van der Waals surface area contributed by atoms with E-state index in [0.29, 0.717) is 5.56 Å². The first-order valence-electron chi connectivity index (χ1n) is 5.70. The number of pyridine rings is 1. The molecule has 0 spiro atoms. The molecule has 92 valence electrons. The second kappa shape index (κ2) is 5.31. The molecule has 1 amide bonds. The minimum atomic E-state index is -0.205. The molecule has 2 N–H and O–H groups in total. The minimum absolute atomic E-state index is 0.205. The first kappa shape index (κ1) is 12.1. The Morgan fingerprint density at radius 2 is 2.06 bits per heavy atom. The van der Waals surface area contributed by atoms with E-state index in [0.717, 1.165) is 11.3 Å². The quantitative estimate of drug-likeness (QED) is 0.812. The molecule has 0 bridgehead atoms. The van der Waals surface area contributed by atoms with Gasteiger partial charge in [0.05, 0.1) is 11.3 Å². The average Bonchev–Trinajstić information content (AvgIpc) is 2.38. The van der Waals surface area contributed by atoms with Crippen LogP contribution in [0.1, 0.15) is 21.5 Å². The number of hydrogen-bond donors (Lipinski definition) is 2. The molecular weight excluding hydrogens is 226 g/mol. The number of hydrazine groups is 1. The standard InChI is InChI=1S/C14H15N3O/c1-10-5-6-13(11(2)8-10)16-17-14(18)12-4-3-7-15-9-12/h3-9,16H,1-2H3,(H,17,18). The third-order valence-corrected chi connectivity index (χ3v) is 2.62. The molecule has 0 saturated carbocycles. The maximum absolute atomic E-state index is 11.8. The van der Waals surface area contributed by atoms with Crippen molar-refractivity contribution in [3.05, 3.63) is 59.4 Å². The van der Waals surface area contributed by atoms with Crippen LogP contribution in [0, 0.1) is 13.8 Å². The lowest BCUT2D eigenvalue weighted by Gasteiger charge is -2.11. The van der Waals surface area contributed by atoms with E-state index < -0.39 is 0 Å². The summed E-state index contributed by atoms with van der Waals surface area (Å²) < 4.78 is 0. The number of carbonyl (C=O) groups is 1. The fraction of sp³-hybridized carbons (Fsp3) is 0.143. The Labute approximate surface area is 106 Å². The zero-order valence-electron chi connectivity index (χ0n) is 10.4. The van der Waals surface area contributed by atoms with Crippen molar-refractivity contribution in [3.8, 4) is 0 Å². The maximum Gasteiger partial charge on any atom is 0.271 e. The monoisotopic (exact) mass is 241 g/mol. The van der Waals surface area contributed by atoms with Gasteiger partial charge in [0, 0.05) is 12.4 Å². The topological polar surface area (TPSA) is 54.0 Å². The lowest BCUT2D eigenvalue weighted by atomic mass is 10.1. The van der Waals surface area contributed by atoms with E-state index in [4.69, 9.17) is 0 Å². The highest BCUT2D eigenvalue weighted by atomic mass is 16.2. The number of rotatable bonds is 3. The van der Waals surface area contributed by atoms with Crippen molar-refractivity contribution in [3.63, 3.8) is 0 Å². The van der Waals surface area contributed by atoms with Crippen LogP contribution >= 0.6 is 0 Å². The molecule has 4 heteroatoms. The molecule has 0 radical (unpaired) electrons. The number of carbonyl (C=O) groups excluding carboxylic acids is 1. The Balaban J connectivity index is 2.02. The number of benzene rings is 1. The number of aromatic nitrogens is 1. The summed E-state index contributed by atoms with van der Waals surface area (Å²) in [4.78, 5) is 15.7. The summed E-state index contributed by atoms with van der Waals surface area (Å²) in [6.45, 7) is 4.02. The van der Waals surface area contributed by atoms with E-state index in [1.54, 1.807) is 18.3 Å². The Hall–Kier alpha value is -2.36. The SMILES string of the molecule is Cc1ccc(NNC(=O)c2cccnc2)c(C)c1. The van der Waals surface area contributed by atoms with Crippen LogP contribution in [0.15, 0.2) is 42.7 Å². The second-order valence-corrected chi connectivity index (χ2v) is 4.14. The van der Waals surface area contributed by atoms with E-state index in [-0.39, 0.29) is 5.91 Å². The molecule has 0 aliphatic rings. The molecule has 0 unspecified atom stereocenters. The molecule has 1 heterocycles. The number of amides is 1. The first-order chi connectivity index (χ1) is 8.66. The van der Waals surface area contributed by atoms with Crippen molar-refractivity contribution in [2.45, 2.75) is 13.8 Å². The lowest BCUT2D eigenvalue weighted by Crippen LogP contribution is -2.29. The summed E-state index contributed by atoms with van der Waals surface area (Å²) in [5.74, 6) is -0.205. The maximum atomic E-state index is 11.8. The smallest absolute Gasteiger partial charge is 0.271 e. The third kappa shape index (κ3) is 2.85. The van der Waals surface area contributed by atoms with Crippen LogP contribution in [0.5, 0.6) is 0 Å². The predicted molar refractivity (Wildman–Crippen MR) is 71.2 cm³/mol. The van der Waals surface area contributed by atoms with Crippen LogP contribution < -0.4 is 10.9 Å². The van der Waals surface area contributed by atoms with E-state index in [9.17, 15) is 4.79 Å². The van der Waals surface area contributed by atoms with Gasteiger partial charge in [-0.1, -0.05) is 17.7 Å². The normalized spacial score (nSPS) is 9.89. The van der Waals surface area contributed by atoms with Crippen molar-refractivity contribution in [2.24, 2.45) is 0 Å². The molecular formula is C14H15N3O. The first-order valence-corrected chi connectivity index (χ1v) is 5.70. The molecule has 2 rings (SSSR count). The average molecular weight is 241 g/mol. The summed E-state index contributed by atoms with van der Waals surface area (Å²) in [7, 11) is 0. The molecule has 1 aromatic heterocycles. The van der Waals surface area contributed by atoms with Crippen LogP contribution in [0.2, 0.25) is 0 Å². The van der Waals surface area contributed by atoms with E-state index >= 15 is 0 Å². The Morgan fingerprint density at radius 1 is 1.22 bits per heavy atom.